The Balaban J connectivity index is 2.03. The van der Waals surface area contributed by atoms with Crippen molar-refractivity contribution in [2.45, 2.75) is 18.9 Å². The van der Waals surface area contributed by atoms with Gasteiger partial charge in [-0.2, -0.15) is 0 Å². The number of phenols is 3. The molecule has 6 heteroatoms. The highest BCUT2D eigenvalue weighted by atomic mass is 16.4. The first-order chi connectivity index (χ1) is 11.0. The molecule has 0 aliphatic carbocycles. The molecule has 0 aromatic heterocycles. The highest BCUT2D eigenvalue weighted by molar-refractivity contribution is 5.77. The molecular weight excluding hydrogens is 298 g/mol. The first kappa shape index (κ1) is 16.4. The second kappa shape index (κ2) is 7.31. The number of hydrogen-bond acceptors (Lipinski definition) is 5. The molecule has 0 spiro atoms. The number of carboxylic acid groups (broad SMARTS) is 1. The van der Waals surface area contributed by atoms with E-state index in [2.05, 4.69) is 4.99 Å². The first-order valence-corrected chi connectivity index (χ1v) is 6.99. The molecule has 0 radical (unpaired) electrons. The van der Waals surface area contributed by atoms with E-state index in [1.165, 1.54) is 30.5 Å². The van der Waals surface area contributed by atoms with Crippen molar-refractivity contribution in [2.75, 3.05) is 0 Å². The Labute approximate surface area is 133 Å². The standard InChI is InChI=1S/C17H17NO5/c19-13-4-1-11(2-5-13)9-15(17(22)23)18-8-7-12-3-6-14(20)10-16(12)21/h1-6,8,10,15,19-21H,7,9H2,(H,22,23)/t15-/m0/s1. The largest absolute Gasteiger partial charge is 0.508 e. The molecule has 0 amide bonds. The van der Waals surface area contributed by atoms with E-state index < -0.39 is 12.0 Å². The SMILES string of the molecule is O=C(O)[C@H](Cc1ccc(O)cc1)N=CCc1ccc(O)cc1O. The maximum absolute atomic E-state index is 11.3. The van der Waals surface area contributed by atoms with Gasteiger partial charge in [-0.3, -0.25) is 4.99 Å². The Morgan fingerprint density at radius 3 is 2.30 bits per heavy atom. The fraction of sp³-hybridized carbons (Fsp3) is 0.176. The van der Waals surface area contributed by atoms with Crippen molar-refractivity contribution >= 4 is 12.2 Å². The van der Waals surface area contributed by atoms with Crippen molar-refractivity contribution in [1.29, 1.82) is 0 Å². The van der Waals surface area contributed by atoms with Crippen LogP contribution in [-0.4, -0.2) is 38.7 Å². The minimum atomic E-state index is -1.05. The summed E-state index contributed by atoms with van der Waals surface area (Å²) < 4.78 is 0. The summed E-state index contributed by atoms with van der Waals surface area (Å²) in [6.07, 6.45) is 1.89. The van der Waals surface area contributed by atoms with Crippen LogP contribution in [0.3, 0.4) is 0 Å². The lowest BCUT2D eigenvalue weighted by atomic mass is 10.1. The van der Waals surface area contributed by atoms with Crippen molar-refractivity contribution in [2.24, 2.45) is 4.99 Å². The van der Waals surface area contributed by atoms with Crippen LogP contribution in [0, 0.1) is 0 Å². The number of rotatable bonds is 6. The molecule has 6 nitrogen and oxygen atoms in total. The second-order valence-corrected chi connectivity index (χ2v) is 5.07. The van der Waals surface area contributed by atoms with Crippen LogP contribution in [0.2, 0.25) is 0 Å². The third-order valence-corrected chi connectivity index (χ3v) is 3.32. The van der Waals surface area contributed by atoms with Gasteiger partial charge < -0.3 is 20.4 Å². The van der Waals surface area contributed by atoms with Crippen molar-refractivity contribution < 1.29 is 25.2 Å². The molecule has 0 saturated carbocycles. The second-order valence-electron chi connectivity index (χ2n) is 5.07. The lowest BCUT2D eigenvalue weighted by molar-refractivity contribution is -0.138. The lowest BCUT2D eigenvalue weighted by Crippen LogP contribution is -2.21. The Hall–Kier alpha value is -3.02. The van der Waals surface area contributed by atoms with Gasteiger partial charge >= 0.3 is 5.97 Å². The number of nitrogens with zero attached hydrogens (tertiary/aromatic N) is 1. The summed E-state index contributed by atoms with van der Waals surface area (Å²) in [6, 6.07) is 9.53. The monoisotopic (exact) mass is 315 g/mol. The van der Waals surface area contributed by atoms with E-state index in [4.69, 9.17) is 0 Å². The molecule has 0 heterocycles. The van der Waals surface area contributed by atoms with E-state index in [0.717, 1.165) is 5.56 Å². The fourth-order valence-corrected chi connectivity index (χ4v) is 2.06. The minimum Gasteiger partial charge on any atom is -0.508 e. The van der Waals surface area contributed by atoms with Crippen LogP contribution in [0.4, 0.5) is 0 Å². The van der Waals surface area contributed by atoms with Crippen molar-refractivity contribution in [3.63, 3.8) is 0 Å². The lowest BCUT2D eigenvalue weighted by Gasteiger charge is -2.08. The molecule has 0 unspecified atom stereocenters. The molecule has 0 bridgehead atoms. The molecule has 0 aliphatic heterocycles. The van der Waals surface area contributed by atoms with Gasteiger partial charge in [-0.1, -0.05) is 18.2 Å². The number of hydrogen-bond donors (Lipinski definition) is 4. The molecule has 2 aromatic carbocycles. The zero-order chi connectivity index (χ0) is 16.8. The Bertz CT molecular complexity index is 709. The molecule has 120 valence electrons. The summed E-state index contributed by atoms with van der Waals surface area (Å²) >= 11 is 0. The summed E-state index contributed by atoms with van der Waals surface area (Å²) in [5.41, 5.74) is 1.29. The van der Waals surface area contributed by atoms with Crippen LogP contribution in [0.15, 0.2) is 47.5 Å². The molecule has 0 fully saturated rings. The number of aliphatic carboxylic acids is 1. The van der Waals surface area contributed by atoms with E-state index >= 15 is 0 Å². The Morgan fingerprint density at radius 1 is 1.04 bits per heavy atom. The molecule has 23 heavy (non-hydrogen) atoms. The topological polar surface area (TPSA) is 110 Å². The Morgan fingerprint density at radius 2 is 1.70 bits per heavy atom. The van der Waals surface area contributed by atoms with Gasteiger partial charge in [0.2, 0.25) is 0 Å². The van der Waals surface area contributed by atoms with Crippen LogP contribution in [0.1, 0.15) is 11.1 Å². The summed E-state index contributed by atoms with van der Waals surface area (Å²) in [5, 5.41) is 37.3. The van der Waals surface area contributed by atoms with Gasteiger partial charge in [-0.05, 0) is 29.3 Å². The molecule has 0 aliphatic rings. The van der Waals surface area contributed by atoms with Gasteiger partial charge in [-0.15, -0.1) is 0 Å². The molecular formula is C17H17NO5. The quantitative estimate of drug-likeness (QED) is 0.610. The number of phenolic OH excluding ortho intramolecular Hbond substituents is 3. The number of carbonyl (C=O) groups is 1. The maximum Gasteiger partial charge on any atom is 0.328 e. The maximum atomic E-state index is 11.3. The zero-order valence-electron chi connectivity index (χ0n) is 12.3. The van der Waals surface area contributed by atoms with Crippen molar-refractivity contribution in [1.82, 2.24) is 0 Å². The fourth-order valence-electron chi connectivity index (χ4n) is 2.06. The Kier molecular flexibility index (Phi) is 5.19. The summed E-state index contributed by atoms with van der Waals surface area (Å²) in [7, 11) is 0. The number of benzene rings is 2. The van der Waals surface area contributed by atoms with Crippen molar-refractivity contribution in [3.8, 4) is 17.2 Å². The van der Waals surface area contributed by atoms with Crippen LogP contribution in [-0.2, 0) is 17.6 Å². The molecule has 0 saturated heterocycles. The number of aliphatic imine (C=N–C) groups is 1. The molecule has 4 N–H and O–H groups in total. The molecule has 2 rings (SSSR count). The highest BCUT2D eigenvalue weighted by Crippen LogP contribution is 2.22. The van der Waals surface area contributed by atoms with Crippen LogP contribution in [0.5, 0.6) is 17.2 Å². The van der Waals surface area contributed by atoms with Gasteiger partial charge in [0.25, 0.3) is 0 Å². The molecule has 1 atom stereocenters. The number of carboxylic acids is 1. The summed E-state index contributed by atoms with van der Waals surface area (Å²) in [5.74, 6) is -1.04. The van der Waals surface area contributed by atoms with Gasteiger partial charge in [0.05, 0.1) is 0 Å². The van der Waals surface area contributed by atoms with Gasteiger partial charge in [0.1, 0.15) is 17.2 Å². The third-order valence-electron chi connectivity index (χ3n) is 3.32. The van der Waals surface area contributed by atoms with E-state index in [1.54, 1.807) is 18.2 Å². The number of aromatic hydroxyl groups is 3. The average Bonchev–Trinajstić information content (AvgIpc) is 2.50. The van der Waals surface area contributed by atoms with Gasteiger partial charge in [0, 0.05) is 25.1 Å². The van der Waals surface area contributed by atoms with Crippen LogP contribution < -0.4 is 0 Å². The zero-order valence-corrected chi connectivity index (χ0v) is 12.3. The third kappa shape index (κ3) is 4.74. The van der Waals surface area contributed by atoms with E-state index in [9.17, 15) is 25.2 Å². The minimum absolute atomic E-state index is 0.0427. The molecule has 2 aromatic rings. The van der Waals surface area contributed by atoms with Crippen LogP contribution >= 0.6 is 0 Å². The van der Waals surface area contributed by atoms with E-state index in [-0.39, 0.29) is 30.1 Å². The predicted molar refractivity (Wildman–Crippen MR) is 85.2 cm³/mol. The average molecular weight is 315 g/mol. The van der Waals surface area contributed by atoms with Gasteiger partial charge in [0.15, 0.2) is 6.04 Å². The predicted octanol–water partition coefficient (Wildman–Crippen LogP) is 2.11. The summed E-state index contributed by atoms with van der Waals surface area (Å²) in [6.45, 7) is 0. The highest BCUT2D eigenvalue weighted by Gasteiger charge is 2.16. The van der Waals surface area contributed by atoms with Crippen LogP contribution in [0.25, 0.3) is 0 Å². The smallest absolute Gasteiger partial charge is 0.328 e. The summed E-state index contributed by atoms with van der Waals surface area (Å²) in [4.78, 5) is 15.3. The normalized spacial score (nSPS) is 12.3. The van der Waals surface area contributed by atoms with E-state index in [1.807, 2.05) is 0 Å². The van der Waals surface area contributed by atoms with E-state index in [0.29, 0.717) is 5.56 Å². The van der Waals surface area contributed by atoms with Gasteiger partial charge in [-0.25, -0.2) is 4.79 Å². The van der Waals surface area contributed by atoms with Crippen molar-refractivity contribution in [3.05, 3.63) is 53.6 Å². The first-order valence-electron chi connectivity index (χ1n) is 6.99.